The molecule has 2 heterocycles. The van der Waals surface area contributed by atoms with Crippen LogP contribution in [0.1, 0.15) is 40.3 Å². The van der Waals surface area contributed by atoms with Gasteiger partial charge in [0.2, 0.25) is 5.91 Å². The number of aliphatic hydroxyl groups is 1. The fourth-order valence-electron chi connectivity index (χ4n) is 4.80. The summed E-state index contributed by atoms with van der Waals surface area (Å²) >= 11 is 12.4. The van der Waals surface area contributed by atoms with Crippen LogP contribution in [0.2, 0.25) is 10.0 Å². The molecule has 172 valence electrons. The van der Waals surface area contributed by atoms with Crippen molar-refractivity contribution in [3.63, 3.8) is 0 Å². The second-order valence-electron chi connectivity index (χ2n) is 8.65. The summed E-state index contributed by atoms with van der Waals surface area (Å²) in [6.45, 7) is 0. The molecule has 0 aliphatic carbocycles. The summed E-state index contributed by atoms with van der Waals surface area (Å²) in [5.74, 6) is -0.150. The lowest BCUT2D eigenvalue weighted by molar-refractivity contribution is -0.118. The van der Waals surface area contributed by atoms with E-state index in [9.17, 15) is 9.90 Å². The number of amides is 1. The number of rotatable bonds is 4. The van der Waals surface area contributed by atoms with Crippen molar-refractivity contribution in [2.24, 2.45) is 7.05 Å². The summed E-state index contributed by atoms with van der Waals surface area (Å²) in [6, 6.07) is 20.5. The smallest absolute Gasteiger partial charge is 0.227 e. The molecule has 0 saturated heterocycles. The zero-order chi connectivity index (χ0) is 24.0. The van der Waals surface area contributed by atoms with E-state index in [0.29, 0.717) is 33.3 Å². The van der Waals surface area contributed by atoms with E-state index in [1.165, 1.54) is 0 Å². The number of hydrogen-bond donors (Lipinski definition) is 1. The van der Waals surface area contributed by atoms with Crippen molar-refractivity contribution < 1.29 is 9.90 Å². The Labute approximate surface area is 208 Å². The summed E-state index contributed by atoms with van der Waals surface area (Å²) in [7, 11) is 3.63. The predicted octanol–water partition coefficient (Wildman–Crippen LogP) is 5.51. The van der Waals surface area contributed by atoms with E-state index in [0.717, 1.165) is 16.8 Å². The number of carbonyl (C=O) groups excluding carboxylic acids is 1. The van der Waals surface area contributed by atoms with Crippen molar-refractivity contribution in [2.75, 3.05) is 11.9 Å². The van der Waals surface area contributed by atoms with Crippen molar-refractivity contribution in [3.8, 4) is 0 Å². The molecule has 3 aromatic carbocycles. The fraction of sp³-hybridized carbons (Fsp3) is 0.185. The first-order chi connectivity index (χ1) is 16.3. The molecular weight excluding hydrogens is 469 g/mol. The van der Waals surface area contributed by atoms with Crippen LogP contribution in [-0.4, -0.2) is 27.6 Å². The first kappa shape index (κ1) is 22.7. The van der Waals surface area contributed by atoms with Crippen LogP contribution < -0.4 is 4.90 Å². The van der Waals surface area contributed by atoms with Crippen LogP contribution in [0.5, 0.6) is 0 Å². The van der Waals surface area contributed by atoms with E-state index in [1.807, 2.05) is 61.6 Å². The summed E-state index contributed by atoms with van der Waals surface area (Å²) < 4.78 is 1.80. The van der Waals surface area contributed by atoms with Crippen LogP contribution >= 0.6 is 23.2 Å². The molecule has 1 aliphatic heterocycles. The molecule has 2 unspecified atom stereocenters. The van der Waals surface area contributed by atoms with Gasteiger partial charge >= 0.3 is 0 Å². The highest BCUT2D eigenvalue weighted by Gasteiger charge is 2.39. The van der Waals surface area contributed by atoms with E-state index < -0.39 is 5.60 Å². The third kappa shape index (κ3) is 3.70. The average molecular weight is 492 g/mol. The maximum absolute atomic E-state index is 12.8. The highest BCUT2D eigenvalue weighted by atomic mass is 35.5. The Kier molecular flexibility index (Phi) is 5.72. The molecular formula is C27H23Cl2N3O2. The Morgan fingerprint density at radius 1 is 0.971 bits per heavy atom. The third-order valence-electron chi connectivity index (χ3n) is 6.64. The van der Waals surface area contributed by atoms with Gasteiger partial charge in [-0.3, -0.25) is 4.79 Å². The molecule has 0 fully saturated rings. The molecule has 5 nitrogen and oxygen atoms in total. The predicted molar refractivity (Wildman–Crippen MR) is 135 cm³/mol. The number of nitrogens with zero attached hydrogens (tertiary/aromatic N) is 3. The van der Waals surface area contributed by atoms with E-state index in [-0.39, 0.29) is 11.8 Å². The number of carbonyl (C=O) groups is 1. The van der Waals surface area contributed by atoms with Crippen LogP contribution in [0.15, 0.2) is 79.3 Å². The van der Waals surface area contributed by atoms with Crippen molar-refractivity contribution in [3.05, 3.63) is 117 Å². The van der Waals surface area contributed by atoms with Crippen molar-refractivity contribution in [2.45, 2.75) is 17.9 Å². The maximum Gasteiger partial charge on any atom is 0.227 e. The zero-order valence-corrected chi connectivity index (χ0v) is 20.3. The molecule has 2 atom stereocenters. The van der Waals surface area contributed by atoms with Crippen molar-refractivity contribution in [1.29, 1.82) is 0 Å². The third-order valence-corrected chi connectivity index (χ3v) is 7.12. The van der Waals surface area contributed by atoms with Gasteiger partial charge in [0.25, 0.3) is 0 Å². The van der Waals surface area contributed by atoms with Gasteiger partial charge in [-0.2, -0.15) is 0 Å². The lowest BCUT2D eigenvalue weighted by atomic mass is 9.78. The number of imidazole rings is 1. The van der Waals surface area contributed by atoms with Crippen LogP contribution in [-0.2, 0) is 17.4 Å². The lowest BCUT2D eigenvalue weighted by Gasteiger charge is -2.35. The minimum Gasteiger partial charge on any atom is -0.374 e. The number of aromatic nitrogens is 2. The molecule has 1 N–H and O–H groups in total. The normalized spacial score (nSPS) is 17.4. The molecule has 1 amide bonds. The molecule has 4 aromatic rings. The van der Waals surface area contributed by atoms with Gasteiger partial charge < -0.3 is 14.6 Å². The van der Waals surface area contributed by atoms with Crippen LogP contribution in [0.25, 0.3) is 0 Å². The molecule has 34 heavy (non-hydrogen) atoms. The van der Waals surface area contributed by atoms with Gasteiger partial charge in [-0.05, 0) is 58.7 Å². The Bertz CT molecular complexity index is 1380. The fourth-order valence-corrected chi connectivity index (χ4v) is 5.12. The minimum atomic E-state index is -1.48. The second kappa shape index (κ2) is 8.58. The number of benzene rings is 3. The first-order valence-electron chi connectivity index (χ1n) is 10.9. The average Bonchev–Trinajstić information content (AvgIpc) is 3.27. The largest absolute Gasteiger partial charge is 0.374 e. The first-order valence-corrected chi connectivity index (χ1v) is 11.7. The molecule has 0 saturated carbocycles. The SMILES string of the molecule is CN1C(=O)CC(c2cccc(Cl)c2)c2cc(C(O)(c3ccc(Cl)cc3)c3cncn3C)ccc21. The molecule has 0 bridgehead atoms. The monoisotopic (exact) mass is 491 g/mol. The van der Waals surface area contributed by atoms with Gasteiger partial charge in [0, 0.05) is 42.2 Å². The number of aryl methyl sites for hydroxylation is 1. The Morgan fingerprint density at radius 2 is 1.71 bits per heavy atom. The van der Waals surface area contributed by atoms with Crippen LogP contribution in [0, 0.1) is 0 Å². The summed E-state index contributed by atoms with van der Waals surface area (Å²) in [5.41, 5.74) is 3.21. The van der Waals surface area contributed by atoms with Crippen molar-refractivity contribution >= 4 is 34.8 Å². The van der Waals surface area contributed by atoms with E-state index in [2.05, 4.69) is 4.98 Å². The van der Waals surface area contributed by atoms with Gasteiger partial charge in [-0.15, -0.1) is 0 Å². The van der Waals surface area contributed by atoms with Gasteiger partial charge in [0.1, 0.15) is 0 Å². The molecule has 5 rings (SSSR count). The van der Waals surface area contributed by atoms with E-state index in [1.54, 1.807) is 41.2 Å². The summed E-state index contributed by atoms with van der Waals surface area (Å²) in [4.78, 5) is 18.7. The highest BCUT2D eigenvalue weighted by Crippen LogP contribution is 2.44. The summed E-state index contributed by atoms with van der Waals surface area (Å²) in [6.07, 6.45) is 3.65. The molecule has 0 radical (unpaired) electrons. The van der Waals surface area contributed by atoms with Gasteiger partial charge in [-0.25, -0.2) is 4.98 Å². The number of hydrogen-bond acceptors (Lipinski definition) is 3. The van der Waals surface area contributed by atoms with Gasteiger partial charge in [0.05, 0.1) is 18.2 Å². The lowest BCUT2D eigenvalue weighted by Crippen LogP contribution is -2.35. The second-order valence-corrected chi connectivity index (χ2v) is 9.52. The standard InChI is InChI=1S/C27H23Cl2N3O2/c1-31-16-30-15-25(31)27(34,18-6-9-20(28)10-7-18)19-8-11-24-23(13-19)22(14-26(33)32(24)2)17-4-3-5-21(29)12-17/h3-13,15-16,22,34H,14H2,1-2H3. The minimum absolute atomic E-state index is 0.0322. The van der Waals surface area contributed by atoms with Crippen LogP contribution in [0.4, 0.5) is 5.69 Å². The summed E-state index contributed by atoms with van der Waals surface area (Å²) in [5, 5.41) is 13.5. The molecule has 7 heteroatoms. The number of anilines is 1. The van der Waals surface area contributed by atoms with Crippen molar-refractivity contribution in [1.82, 2.24) is 9.55 Å². The van der Waals surface area contributed by atoms with E-state index in [4.69, 9.17) is 23.2 Å². The maximum atomic E-state index is 12.8. The van der Waals surface area contributed by atoms with Crippen LogP contribution in [0.3, 0.4) is 0 Å². The zero-order valence-electron chi connectivity index (χ0n) is 18.7. The quantitative estimate of drug-likeness (QED) is 0.409. The molecule has 1 aromatic heterocycles. The van der Waals surface area contributed by atoms with Gasteiger partial charge in [0.15, 0.2) is 5.60 Å². The Morgan fingerprint density at radius 3 is 2.38 bits per heavy atom. The Balaban J connectivity index is 1.74. The van der Waals surface area contributed by atoms with E-state index >= 15 is 0 Å². The number of halogens is 2. The molecule has 0 spiro atoms. The number of fused-ring (bicyclic) bond motifs is 1. The van der Waals surface area contributed by atoms with Gasteiger partial charge in [-0.1, -0.05) is 53.5 Å². The topological polar surface area (TPSA) is 58.4 Å². The highest BCUT2D eigenvalue weighted by molar-refractivity contribution is 6.30. The molecule has 1 aliphatic rings. The Hall–Kier alpha value is -3.12.